The Hall–Kier alpha value is -0.570. The second-order valence-electron chi connectivity index (χ2n) is 3.73. The molecule has 0 heterocycles. The zero-order valence-electron chi connectivity index (χ0n) is 7.33. The van der Waals surface area contributed by atoms with E-state index in [0.717, 1.165) is 19.3 Å². The summed E-state index contributed by atoms with van der Waals surface area (Å²) in [6.07, 6.45) is 5.59. The first-order valence-electron chi connectivity index (χ1n) is 4.66. The van der Waals surface area contributed by atoms with Crippen molar-refractivity contribution in [1.29, 1.82) is 0 Å². The molecule has 2 atom stereocenters. The van der Waals surface area contributed by atoms with Crippen LogP contribution >= 0.6 is 0 Å². The standard InChI is InChI=1S/C9H17NO2/c10-8-3-1-2-7(6-8)4-5-9(11)12/h7-8H,1-6,10H2,(H,11,12)/t7-,8+/m0/s1. The van der Waals surface area contributed by atoms with Gasteiger partial charge in [-0.2, -0.15) is 0 Å². The van der Waals surface area contributed by atoms with Crippen LogP contribution in [0, 0.1) is 5.92 Å². The Morgan fingerprint density at radius 1 is 1.50 bits per heavy atom. The smallest absolute Gasteiger partial charge is 0.303 e. The molecule has 3 N–H and O–H groups in total. The lowest BCUT2D eigenvalue weighted by molar-refractivity contribution is -0.137. The number of carboxylic acid groups (broad SMARTS) is 1. The maximum Gasteiger partial charge on any atom is 0.303 e. The fourth-order valence-corrected chi connectivity index (χ4v) is 1.92. The molecule has 0 bridgehead atoms. The van der Waals surface area contributed by atoms with Crippen molar-refractivity contribution in [2.45, 2.75) is 44.6 Å². The summed E-state index contributed by atoms with van der Waals surface area (Å²) in [5, 5.41) is 8.48. The van der Waals surface area contributed by atoms with Crippen LogP contribution in [0.15, 0.2) is 0 Å². The molecule has 1 aliphatic carbocycles. The SMILES string of the molecule is N[C@@H]1CCC[C@@H](CCC(=O)O)C1. The fraction of sp³-hybridized carbons (Fsp3) is 0.889. The lowest BCUT2D eigenvalue weighted by Crippen LogP contribution is -2.28. The molecule has 70 valence electrons. The van der Waals surface area contributed by atoms with E-state index in [-0.39, 0.29) is 0 Å². The molecule has 1 saturated carbocycles. The highest BCUT2D eigenvalue weighted by molar-refractivity contribution is 5.66. The van der Waals surface area contributed by atoms with Gasteiger partial charge in [-0.15, -0.1) is 0 Å². The van der Waals surface area contributed by atoms with Crippen LogP contribution in [0.1, 0.15) is 38.5 Å². The number of aliphatic carboxylic acids is 1. The molecule has 0 aliphatic heterocycles. The number of hydrogen-bond donors (Lipinski definition) is 2. The summed E-state index contributed by atoms with van der Waals surface area (Å²) in [7, 11) is 0. The summed E-state index contributed by atoms with van der Waals surface area (Å²) < 4.78 is 0. The monoisotopic (exact) mass is 171 g/mol. The molecular formula is C9H17NO2. The van der Waals surface area contributed by atoms with Gasteiger partial charge in [0, 0.05) is 12.5 Å². The van der Waals surface area contributed by atoms with E-state index in [1.165, 1.54) is 12.8 Å². The van der Waals surface area contributed by atoms with Crippen LogP contribution in [0.4, 0.5) is 0 Å². The van der Waals surface area contributed by atoms with Crippen molar-refractivity contribution in [1.82, 2.24) is 0 Å². The molecule has 1 fully saturated rings. The highest BCUT2D eigenvalue weighted by Gasteiger charge is 2.19. The molecule has 0 saturated heterocycles. The molecule has 0 radical (unpaired) electrons. The van der Waals surface area contributed by atoms with Gasteiger partial charge in [0.1, 0.15) is 0 Å². The molecule has 1 aliphatic rings. The van der Waals surface area contributed by atoms with Crippen LogP contribution in [0.25, 0.3) is 0 Å². The first-order chi connectivity index (χ1) is 5.68. The van der Waals surface area contributed by atoms with Gasteiger partial charge < -0.3 is 10.8 Å². The van der Waals surface area contributed by atoms with Crippen molar-refractivity contribution < 1.29 is 9.90 Å². The summed E-state index contributed by atoms with van der Waals surface area (Å²) in [5.74, 6) is -0.126. The summed E-state index contributed by atoms with van der Waals surface area (Å²) in [6, 6.07) is 0.317. The third-order valence-electron chi connectivity index (χ3n) is 2.59. The summed E-state index contributed by atoms with van der Waals surface area (Å²) in [4.78, 5) is 10.3. The van der Waals surface area contributed by atoms with Gasteiger partial charge >= 0.3 is 5.97 Å². The van der Waals surface area contributed by atoms with Crippen molar-refractivity contribution in [3.05, 3.63) is 0 Å². The molecule has 0 aromatic carbocycles. The Morgan fingerprint density at radius 2 is 2.25 bits per heavy atom. The molecule has 3 nitrogen and oxygen atoms in total. The second-order valence-corrected chi connectivity index (χ2v) is 3.73. The molecular weight excluding hydrogens is 154 g/mol. The van der Waals surface area contributed by atoms with Gasteiger partial charge in [0.2, 0.25) is 0 Å². The van der Waals surface area contributed by atoms with Gasteiger partial charge in [-0.3, -0.25) is 4.79 Å². The third kappa shape index (κ3) is 3.22. The lowest BCUT2D eigenvalue weighted by Gasteiger charge is -2.25. The van der Waals surface area contributed by atoms with E-state index in [1.54, 1.807) is 0 Å². The van der Waals surface area contributed by atoms with Crippen molar-refractivity contribution in [3.8, 4) is 0 Å². The van der Waals surface area contributed by atoms with Crippen LogP contribution in [-0.2, 0) is 4.79 Å². The quantitative estimate of drug-likeness (QED) is 0.674. The fourth-order valence-electron chi connectivity index (χ4n) is 1.92. The Kier molecular flexibility index (Phi) is 3.53. The second kappa shape index (κ2) is 4.45. The lowest BCUT2D eigenvalue weighted by atomic mass is 9.83. The van der Waals surface area contributed by atoms with Gasteiger partial charge in [-0.05, 0) is 25.2 Å². The Labute approximate surface area is 72.9 Å². The molecule has 0 spiro atoms. The van der Waals surface area contributed by atoms with Crippen LogP contribution in [0.2, 0.25) is 0 Å². The predicted molar refractivity (Wildman–Crippen MR) is 46.8 cm³/mol. The van der Waals surface area contributed by atoms with Gasteiger partial charge in [0.15, 0.2) is 0 Å². The molecule has 0 aromatic heterocycles. The maximum atomic E-state index is 10.3. The zero-order valence-corrected chi connectivity index (χ0v) is 7.33. The molecule has 12 heavy (non-hydrogen) atoms. The van der Waals surface area contributed by atoms with Crippen LogP contribution < -0.4 is 5.73 Å². The average Bonchev–Trinajstić information content (AvgIpc) is 2.01. The minimum Gasteiger partial charge on any atom is -0.481 e. The normalized spacial score (nSPS) is 30.1. The Morgan fingerprint density at radius 3 is 2.83 bits per heavy atom. The number of hydrogen-bond acceptors (Lipinski definition) is 2. The topological polar surface area (TPSA) is 63.3 Å². The number of carbonyl (C=O) groups is 1. The van der Waals surface area contributed by atoms with E-state index in [4.69, 9.17) is 10.8 Å². The van der Waals surface area contributed by atoms with E-state index in [2.05, 4.69) is 0 Å². The molecule has 3 heteroatoms. The minimum atomic E-state index is -0.686. The highest BCUT2D eigenvalue weighted by atomic mass is 16.4. The largest absolute Gasteiger partial charge is 0.481 e. The van der Waals surface area contributed by atoms with Gasteiger partial charge in [-0.25, -0.2) is 0 Å². The first kappa shape index (κ1) is 9.52. The average molecular weight is 171 g/mol. The number of nitrogens with two attached hydrogens (primary N) is 1. The van der Waals surface area contributed by atoms with Gasteiger partial charge in [0.05, 0.1) is 0 Å². The van der Waals surface area contributed by atoms with E-state index in [9.17, 15) is 4.79 Å². The summed E-state index contributed by atoms with van der Waals surface area (Å²) in [6.45, 7) is 0. The van der Waals surface area contributed by atoms with Crippen LogP contribution in [0.3, 0.4) is 0 Å². The van der Waals surface area contributed by atoms with Crippen LogP contribution in [-0.4, -0.2) is 17.1 Å². The molecule has 0 amide bonds. The summed E-state index contributed by atoms with van der Waals surface area (Å²) in [5.41, 5.74) is 5.78. The predicted octanol–water partition coefficient (Wildman–Crippen LogP) is 1.37. The molecule has 0 unspecified atom stereocenters. The van der Waals surface area contributed by atoms with Crippen molar-refractivity contribution in [2.24, 2.45) is 11.7 Å². The van der Waals surface area contributed by atoms with Crippen molar-refractivity contribution in [3.63, 3.8) is 0 Å². The Bertz CT molecular complexity index is 159. The Balaban J connectivity index is 2.18. The van der Waals surface area contributed by atoms with E-state index in [1.807, 2.05) is 0 Å². The molecule has 1 rings (SSSR count). The van der Waals surface area contributed by atoms with E-state index in [0.29, 0.717) is 18.4 Å². The molecule has 0 aromatic rings. The zero-order chi connectivity index (χ0) is 8.97. The summed E-state index contributed by atoms with van der Waals surface area (Å²) >= 11 is 0. The third-order valence-corrected chi connectivity index (χ3v) is 2.59. The van der Waals surface area contributed by atoms with E-state index < -0.39 is 5.97 Å². The van der Waals surface area contributed by atoms with E-state index >= 15 is 0 Å². The highest BCUT2D eigenvalue weighted by Crippen LogP contribution is 2.26. The first-order valence-corrected chi connectivity index (χ1v) is 4.66. The van der Waals surface area contributed by atoms with Crippen molar-refractivity contribution >= 4 is 5.97 Å². The van der Waals surface area contributed by atoms with Crippen LogP contribution in [0.5, 0.6) is 0 Å². The van der Waals surface area contributed by atoms with Gasteiger partial charge in [-0.1, -0.05) is 12.8 Å². The van der Waals surface area contributed by atoms with Gasteiger partial charge in [0.25, 0.3) is 0 Å². The van der Waals surface area contributed by atoms with Crippen molar-refractivity contribution in [2.75, 3.05) is 0 Å². The minimum absolute atomic E-state index is 0.303. The maximum absolute atomic E-state index is 10.3. The number of carboxylic acids is 1. The number of rotatable bonds is 3.